The largest absolute Gasteiger partial charge is 0.356 e. The van der Waals surface area contributed by atoms with Gasteiger partial charge in [0.05, 0.1) is 4.90 Å². The summed E-state index contributed by atoms with van der Waals surface area (Å²) in [5.41, 5.74) is 1.29. The van der Waals surface area contributed by atoms with E-state index in [1.54, 1.807) is 30.1 Å². The van der Waals surface area contributed by atoms with Gasteiger partial charge < -0.3 is 9.88 Å². The number of likely N-dealkylation sites (tertiary alicyclic amines) is 1. The number of amides is 1. The van der Waals surface area contributed by atoms with Gasteiger partial charge in [0, 0.05) is 64.1 Å². The number of rotatable bonds is 6. The zero-order valence-electron chi connectivity index (χ0n) is 17.4. The third-order valence-electron chi connectivity index (χ3n) is 6.14. The van der Waals surface area contributed by atoms with E-state index in [1.807, 2.05) is 6.07 Å². The van der Waals surface area contributed by atoms with E-state index in [0.29, 0.717) is 30.8 Å². The molecule has 4 rings (SSSR count). The lowest BCUT2D eigenvalue weighted by Gasteiger charge is -2.31. The Bertz CT molecular complexity index is 965. The fourth-order valence-electron chi connectivity index (χ4n) is 4.39. The summed E-state index contributed by atoms with van der Waals surface area (Å²) >= 11 is 0. The first-order valence-electron chi connectivity index (χ1n) is 10.6. The molecule has 0 bridgehead atoms. The van der Waals surface area contributed by atoms with Crippen molar-refractivity contribution in [2.45, 2.75) is 36.7 Å². The lowest BCUT2D eigenvalue weighted by molar-refractivity contribution is -0.126. The van der Waals surface area contributed by atoms with Crippen LogP contribution < -0.4 is 5.32 Å². The van der Waals surface area contributed by atoms with Crippen LogP contribution in [-0.4, -0.2) is 60.3 Å². The molecular formula is C22H30N4O3S. The number of nitrogens with one attached hydrogen (secondary N) is 1. The molecule has 0 unspecified atom stereocenters. The molecule has 8 heteroatoms. The van der Waals surface area contributed by atoms with Crippen molar-refractivity contribution in [2.24, 2.45) is 13.0 Å². The maximum absolute atomic E-state index is 12.7. The van der Waals surface area contributed by atoms with Gasteiger partial charge in [0.1, 0.15) is 0 Å². The summed E-state index contributed by atoms with van der Waals surface area (Å²) in [6.45, 7) is 3.53. The van der Waals surface area contributed by atoms with E-state index in [4.69, 9.17) is 0 Å². The van der Waals surface area contributed by atoms with Gasteiger partial charge >= 0.3 is 0 Å². The highest BCUT2D eigenvalue weighted by Gasteiger charge is 2.33. The number of nitrogens with zero attached hydrogens (tertiary/aromatic N) is 3. The molecule has 1 atom stereocenters. The lowest BCUT2D eigenvalue weighted by atomic mass is 9.97. The molecule has 1 aromatic heterocycles. The monoisotopic (exact) mass is 430 g/mol. The second-order valence-electron chi connectivity index (χ2n) is 8.41. The van der Waals surface area contributed by atoms with Crippen molar-refractivity contribution in [3.8, 4) is 0 Å². The number of aryl methyl sites for hydroxylation is 1. The van der Waals surface area contributed by atoms with E-state index in [2.05, 4.69) is 34.5 Å². The topological polar surface area (TPSA) is 74.6 Å². The molecule has 2 fully saturated rings. The Balaban J connectivity index is 1.25. The number of piperidine rings is 1. The maximum atomic E-state index is 12.7. The van der Waals surface area contributed by atoms with Crippen LogP contribution in [0, 0.1) is 5.92 Å². The molecule has 2 saturated heterocycles. The normalized spacial score (nSPS) is 21.7. The Morgan fingerprint density at radius 2 is 1.80 bits per heavy atom. The summed E-state index contributed by atoms with van der Waals surface area (Å²) in [5, 5.41) is 3.20. The van der Waals surface area contributed by atoms with Gasteiger partial charge in [0.25, 0.3) is 0 Å². The summed E-state index contributed by atoms with van der Waals surface area (Å²) < 4.78 is 28.7. The standard InChI is InChI=1S/C22H30N4O3S/c1-24-11-10-21(17-24)30(28,29)26-13-7-19(8-14-26)22(27)23-20-9-12-25(16-20)15-18-5-3-2-4-6-18/h2-6,10-11,17,19-20H,7-9,12-16H2,1H3,(H,23,27)/t20-/m0/s1. The first-order valence-corrected chi connectivity index (χ1v) is 12.0. The van der Waals surface area contributed by atoms with E-state index >= 15 is 0 Å². The van der Waals surface area contributed by atoms with Crippen molar-refractivity contribution in [1.82, 2.24) is 19.1 Å². The van der Waals surface area contributed by atoms with Crippen molar-refractivity contribution in [3.63, 3.8) is 0 Å². The van der Waals surface area contributed by atoms with E-state index in [-0.39, 0.29) is 17.9 Å². The molecule has 2 aliphatic heterocycles. The second kappa shape index (κ2) is 8.91. The van der Waals surface area contributed by atoms with Crippen molar-refractivity contribution in [1.29, 1.82) is 0 Å². The quantitative estimate of drug-likeness (QED) is 0.759. The summed E-state index contributed by atoms with van der Waals surface area (Å²) in [5.74, 6) is -0.0475. The number of benzene rings is 1. The Hall–Kier alpha value is -2.16. The minimum atomic E-state index is -3.48. The number of carbonyl (C=O) groups excluding carboxylic acids is 1. The highest BCUT2D eigenvalue weighted by Crippen LogP contribution is 2.24. The lowest BCUT2D eigenvalue weighted by Crippen LogP contribution is -2.45. The summed E-state index contributed by atoms with van der Waals surface area (Å²) in [6.07, 6.45) is 5.45. The first-order chi connectivity index (χ1) is 14.4. The minimum absolute atomic E-state index is 0.0679. The highest BCUT2D eigenvalue weighted by molar-refractivity contribution is 7.89. The molecule has 1 amide bonds. The van der Waals surface area contributed by atoms with Crippen LogP contribution in [0.5, 0.6) is 0 Å². The maximum Gasteiger partial charge on any atom is 0.244 e. The van der Waals surface area contributed by atoms with Crippen molar-refractivity contribution in [3.05, 3.63) is 54.4 Å². The second-order valence-corrected chi connectivity index (χ2v) is 10.3. The molecule has 0 saturated carbocycles. The molecule has 1 N–H and O–H groups in total. The van der Waals surface area contributed by atoms with Crippen LogP contribution in [0.2, 0.25) is 0 Å². The van der Waals surface area contributed by atoms with Gasteiger partial charge in [-0.25, -0.2) is 8.42 Å². The minimum Gasteiger partial charge on any atom is -0.356 e. The Labute approximate surface area is 178 Å². The van der Waals surface area contributed by atoms with E-state index in [0.717, 1.165) is 26.1 Å². The van der Waals surface area contributed by atoms with Crippen LogP contribution in [-0.2, 0) is 28.4 Å². The molecule has 162 valence electrons. The zero-order chi connectivity index (χ0) is 21.1. The average Bonchev–Trinajstić information content (AvgIpc) is 3.38. The van der Waals surface area contributed by atoms with Crippen LogP contribution in [0.3, 0.4) is 0 Å². The van der Waals surface area contributed by atoms with Crippen LogP contribution in [0.4, 0.5) is 0 Å². The molecule has 0 spiro atoms. The van der Waals surface area contributed by atoms with E-state index in [9.17, 15) is 13.2 Å². The van der Waals surface area contributed by atoms with Gasteiger partial charge in [-0.15, -0.1) is 0 Å². The summed E-state index contributed by atoms with van der Waals surface area (Å²) in [4.78, 5) is 15.4. The van der Waals surface area contributed by atoms with Crippen molar-refractivity contribution < 1.29 is 13.2 Å². The third kappa shape index (κ3) is 4.77. The predicted octanol–water partition coefficient (Wildman–Crippen LogP) is 1.82. The smallest absolute Gasteiger partial charge is 0.244 e. The predicted molar refractivity (Wildman–Crippen MR) is 115 cm³/mol. The van der Waals surface area contributed by atoms with E-state index < -0.39 is 10.0 Å². The Morgan fingerprint density at radius 3 is 2.47 bits per heavy atom. The number of sulfonamides is 1. The Kier molecular flexibility index (Phi) is 6.26. The molecule has 2 aromatic rings. The first kappa shape index (κ1) is 21.1. The van der Waals surface area contributed by atoms with Crippen LogP contribution >= 0.6 is 0 Å². The van der Waals surface area contributed by atoms with Gasteiger partial charge in [-0.05, 0) is 30.9 Å². The van der Waals surface area contributed by atoms with E-state index in [1.165, 1.54) is 9.87 Å². The fourth-order valence-corrected chi connectivity index (χ4v) is 5.91. The van der Waals surface area contributed by atoms with Crippen LogP contribution in [0.25, 0.3) is 0 Å². The number of aromatic nitrogens is 1. The molecule has 3 heterocycles. The SMILES string of the molecule is Cn1ccc(S(=O)(=O)N2CCC(C(=O)N[C@H]3CCN(Cc4ccccc4)C3)CC2)c1. The highest BCUT2D eigenvalue weighted by atomic mass is 32.2. The van der Waals surface area contributed by atoms with Gasteiger partial charge in [0.2, 0.25) is 15.9 Å². The van der Waals surface area contributed by atoms with Crippen LogP contribution in [0.15, 0.2) is 53.7 Å². The molecule has 0 radical (unpaired) electrons. The molecule has 2 aliphatic rings. The van der Waals surface area contributed by atoms with Gasteiger partial charge in [-0.1, -0.05) is 30.3 Å². The zero-order valence-corrected chi connectivity index (χ0v) is 18.2. The van der Waals surface area contributed by atoms with Crippen LogP contribution in [0.1, 0.15) is 24.8 Å². The number of carbonyl (C=O) groups is 1. The van der Waals surface area contributed by atoms with Gasteiger partial charge in [-0.2, -0.15) is 4.31 Å². The number of hydrogen-bond donors (Lipinski definition) is 1. The number of hydrogen-bond acceptors (Lipinski definition) is 4. The molecule has 7 nitrogen and oxygen atoms in total. The Morgan fingerprint density at radius 1 is 1.07 bits per heavy atom. The molecule has 1 aromatic carbocycles. The van der Waals surface area contributed by atoms with Crippen molar-refractivity contribution >= 4 is 15.9 Å². The third-order valence-corrected chi connectivity index (χ3v) is 8.02. The molecule has 30 heavy (non-hydrogen) atoms. The van der Waals surface area contributed by atoms with Gasteiger partial charge in [0.15, 0.2) is 0 Å². The summed E-state index contributed by atoms with van der Waals surface area (Å²) in [6, 6.07) is 12.2. The van der Waals surface area contributed by atoms with Crippen molar-refractivity contribution in [2.75, 3.05) is 26.2 Å². The molecule has 0 aliphatic carbocycles. The molecular weight excluding hydrogens is 400 g/mol. The summed E-state index contributed by atoms with van der Waals surface area (Å²) in [7, 11) is -1.67. The fraction of sp³-hybridized carbons (Fsp3) is 0.500. The van der Waals surface area contributed by atoms with Gasteiger partial charge in [-0.3, -0.25) is 9.69 Å². The average molecular weight is 431 g/mol.